The molecule has 0 aliphatic rings. The molecule has 0 aromatic heterocycles. The quantitative estimate of drug-likeness (QED) is 0.0761. The molecule has 4 aromatic rings. The molecule has 0 atom stereocenters. The molecule has 4 rings (SSSR count). The smallest absolute Gasteiger partial charge is 0.343 e. The number of amides is 2. The van der Waals surface area contributed by atoms with Gasteiger partial charge in [-0.15, -0.1) is 0 Å². The number of esters is 1. The van der Waals surface area contributed by atoms with E-state index < -0.39 is 17.8 Å². The summed E-state index contributed by atoms with van der Waals surface area (Å²) in [6.07, 6.45) is 2.98. The first-order valence-corrected chi connectivity index (χ1v) is 13.9. The van der Waals surface area contributed by atoms with Crippen LogP contribution in [0.5, 0.6) is 11.5 Å². The fraction of sp³-hybridized carbons (Fsp3) is 0.0909. The van der Waals surface area contributed by atoms with Gasteiger partial charge in [0.05, 0.1) is 18.9 Å². The maximum atomic E-state index is 13.1. The molecule has 0 spiro atoms. The highest BCUT2D eigenvalue weighted by Crippen LogP contribution is 2.28. The normalized spacial score (nSPS) is 11.1. The number of hydrogen-bond donors (Lipinski definition) is 2. The lowest BCUT2D eigenvalue weighted by atomic mass is 10.1. The molecule has 0 heterocycles. The number of carbonyl (C=O) groups is 3. The van der Waals surface area contributed by atoms with Gasteiger partial charge in [0, 0.05) is 29.8 Å². The van der Waals surface area contributed by atoms with Gasteiger partial charge < -0.3 is 19.7 Å². The van der Waals surface area contributed by atoms with E-state index in [1.165, 1.54) is 13.3 Å². The number of hydrazone groups is 1. The van der Waals surface area contributed by atoms with Crippen LogP contribution in [0.1, 0.15) is 31.8 Å². The molecule has 10 heteroatoms. The van der Waals surface area contributed by atoms with Crippen molar-refractivity contribution in [3.05, 3.63) is 129 Å². The van der Waals surface area contributed by atoms with E-state index in [0.29, 0.717) is 28.0 Å². The van der Waals surface area contributed by atoms with Crippen molar-refractivity contribution in [1.29, 1.82) is 0 Å². The second-order valence-electron chi connectivity index (χ2n) is 9.37. The van der Waals surface area contributed by atoms with Crippen LogP contribution in [0, 0.1) is 0 Å². The summed E-state index contributed by atoms with van der Waals surface area (Å²) in [5.41, 5.74) is 5.53. The van der Waals surface area contributed by atoms with Gasteiger partial charge in [0.1, 0.15) is 5.70 Å². The molecule has 0 bridgehead atoms. The molecular formula is C33H29BrN4O5. The maximum Gasteiger partial charge on any atom is 0.343 e. The fourth-order valence-corrected chi connectivity index (χ4v) is 4.06. The van der Waals surface area contributed by atoms with Gasteiger partial charge >= 0.3 is 5.97 Å². The summed E-state index contributed by atoms with van der Waals surface area (Å²) in [4.78, 5) is 40.5. The second-order valence-corrected chi connectivity index (χ2v) is 10.3. The molecule has 0 saturated carbocycles. The van der Waals surface area contributed by atoms with Gasteiger partial charge in [-0.3, -0.25) is 9.59 Å². The lowest BCUT2D eigenvalue weighted by Crippen LogP contribution is -2.32. The molecule has 43 heavy (non-hydrogen) atoms. The summed E-state index contributed by atoms with van der Waals surface area (Å²) in [5.74, 6) is -1.06. The van der Waals surface area contributed by atoms with Crippen LogP contribution in [-0.2, 0) is 4.79 Å². The molecule has 2 N–H and O–H groups in total. The van der Waals surface area contributed by atoms with Crippen LogP contribution in [0.15, 0.2) is 112 Å². The Bertz CT molecular complexity index is 1650. The highest BCUT2D eigenvalue weighted by molar-refractivity contribution is 9.10. The van der Waals surface area contributed by atoms with Gasteiger partial charge in [0.15, 0.2) is 11.5 Å². The van der Waals surface area contributed by atoms with Crippen LogP contribution in [-0.4, -0.2) is 45.2 Å². The number of nitrogens with zero attached hydrogens (tertiary/aromatic N) is 2. The number of carbonyl (C=O) groups excluding carboxylic acids is 3. The molecular weight excluding hydrogens is 612 g/mol. The Labute approximate surface area is 258 Å². The molecule has 0 unspecified atom stereocenters. The average molecular weight is 642 g/mol. The Hall–Kier alpha value is -5.22. The zero-order valence-corrected chi connectivity index (χ0v) is 25.3. The molecule has 0 aliphatic heterocycles. The first-order valence-electron chi connectivity index (χ1n) is 13.1. The minimum absolute atomic E-state index is 0.0105. The third-order valence-electron chi connectivity index (χ3n) is 6.10. The van der Waals surface area contributed by atoms with Gasteiger partial charge in [-0.2, -0.15) is 5.10 Å². The third-order valence-corrected chi connectivity index (χ3v) is 6.63. The van der Waals surface area contributed by atoms with Crippen LogP contribution in [0.25, 0.3) is 6.08 Å². The summed E-state index contributed by atoms with van der Waals surface area (Å²) in [5, 5.41) is 6.73. The van der Waals surface area contributed by atoms with Gasteiger partial charge in [0.2, 0.25) is 0 Å². The highest BCUT2D eigenvalue weighted by Gasteiger charge is 2.15. The van der Waals surface area contributed by atoms with Crippen molar-refractivity contribution >= 4 is 51.7 Å². The summed E-state index contributed by atoms with van der Waals surface area (Å²) in [6.45, 7) is 0. The largest absolute Gasteiger partial charge is 0.493 e. The van der Waals surface area contributed by atoms with Gasteiger partial charge in [-0.05, 0) is 83.9 Å². The van der Waals surface area contributed by atoms with Crippen LogP contribution < -0.4 is 25.1 Å². The summed E-state index contributed by atoms with van der Waals surface area (Å²) < 4.78 is 11.7. The first kappa shape index (κ1) is 30.7. The molecule has 0 radical (unpaired) electrons. The van der Waals surface area contributed by atoms with E-state index in [2.05, 4.69) is 31.8 Å². The SMILES string of the molecule is COc1cc(C=NNC(=O)C(=Cc2ccc(N(C)C)cc2)NC(=O)c2ccccc2)ccc1OC(=O)c1ccc(Br)cc1. The van der Waals surface area contributed by atoms with Crippen molar-refractivity contribution in [2.24, 2.45) is 5.10 Å². The number of nitrogens with one attached hydrogen (secondary N) is 2. The van der Waals surface area contributed by atoms with Gasteiger partial charge in [-0.25, -0.2) is 10.2 Å². The topological polar surface area (TPSA) is 109 Å². The summed E-state index contributed by atoms with van der Waals surface area (Å²) >= 11 is 3.34. The predicted octanol–water partition coefficient (Wildman–Crippen LogP) is 5.66. The average Bonchev–Trinajstić information content (AvgIpc) is 3.02. The zero-order chi connectivity index (χ0) is 30.8. The van der Waals surface area contributed by atoms with Gasteiger partial charge in [0.25, 0.3) is 11.8 Å². The lowest BCUT2D eigenvalue weighted by Gasteiger charge is -2.13. The number of anilines is 1. The Kier molecular flexibility index (Phi) is 10.4. The van der Waals surface area contributed by atoms with Crippen molar-refractivity contribution in [2.45, 2.75) is 0 Å². The molecule has 0 aliphatic carbocycles. The van der Waals surface area contributed by atoms with E-state index in [1.54, 1.807) is 78.9 Å². The number of ether oxygens (including phenoxy) is 2. The summed E-state index contributed by atoms with van der Waals surface area (Å²) in [6, 6.07) is 27.7. The Morgan fingerprint density at radius 2 is 1.49 bits per heavy atom. The minimum Gasteiger partial charge on any atom is -0.493 e. The van der Waals surface area contributed by atoms with E-state index in [1.807, 2.05) is 43.3 Å². The van der Waals surface area contributed by atoms with Crippen LogP contribution >= 0.6 is 15.9 Å². The number of benzene rings is 4. The van der Waals surface area contributed by atoms with E-state index in [-0.39, 0.29) is 11.4 Å². The monoisotopic (exact) mass is 640 g/mol. The highest BCUT2D eigenvalue weighted by atomic mass is 79.9. The van der Waals surface area contributed by atoms with E-state index >= 15 is 0 Å². The summed E-state index contributed by atoms with van der Waals surface area (Å²) in [7, 11) is 5.32. The van der Waals surface area contributed by atoms with Gasteiger partial charge in [-0.1, -0.05) is 46.3 Å². The van der Waals surface area contributed by atoms with Crippen LogP contribution in [0.2, 0.25) is 0 Å². The number of halogens is 1. The Balaban J connectivity index is 1.49. The van der Waals surface area contributed by atoms with Crippen molar-refractivity contribution in [1.82, 2.24) is 10.7 Å². The van der Waals surface area contributed by atoms with Crippen molar-refractivity contribution < 1.29 is 23.9 Å². The van der Waals surface area contributed by atoms with Crippen molar-refractivity contribution in [3.8, 4) is 11.5 Å². The predicted molar refractivity (Wildman–Crippen MR) is 170 cm³/mol. The first-order chi connectivity index (χ1) is 20.7. The van der Waals surface area contributed by atoms with Crippen LogP contribution in [0.4, 0.5) is 5.69 Å². The Morgan fingerprint density at radius 3 is 2.14 bits per heavy atom. The van der Waals surface area contributed by atoms with E-state index in [0.717, 1.165) is 10.2 Å². The molecule has 0 fully saturated rings. The van der Waals surface area contributed by atoms with Crippen molar-refractivity contribution in [3.63, 3.8) is 0 Å². The number of hydrogen-bond acceptors (Lipinski definition) is 7. The molecule has 2 amide bonds. The molecule has 4 aromatic carbocycles. The maximum absolute atomic E-state index is 13.1. The number of methoxy groups -OCH3 is 1. The molecule has 218 valence electrons. The fourth-order valence-electron chi connectivity index (χ4n) is 3.80. The minimum atomic E-state index is -0.621. The Morgan fingerprint density at radius 1 is 0.814 bits per heavy atom. The van der Waals surface area contributed by atoms with Crippen LogP contribution in [0.3, 0.4) is 0 Å². The second kappa shape index (κ2) is 14.6. The number of rotatable bonds is 10. The molecule has 0 saturated heterocycles. The zero-order valence-electron chi connectivity index (χ0n) is 23.7. The van der Waals surface area contributed by atoms with E-state index in [4.69, 9.17) is 9.47 Å². The van der Waals surface area contributed by atoms with Crippen molar-refractivity contribution in [2.75, 3.05) is 26.1 Å². The standard InChI is InChI=1S/C33H29BrN4O5/c1-38(2)27-16-9-22(10-17-27)19-28(36-31(39)24-7-5-4-6-8-24)32(40)37-35-21-23-11-18-29(30(20-23)42-3)43-33(41)25-12-14-26(34)15-13-25/h4-21H,1-3H3,(H,36,39)(H,37,40). The third kappa shape index (κ3) is 8.64. The lowest BCUT2D eigenvalue weighted by molar-refractivity contribution is -0.117. The van der Waals surface area contributed by atoms with E-state index in [9.17, 15) is 14.4 Å². The molecule has 9 nitrogen and oxygen atoms in total.